The summed E-state index contributed by atoms with van der Waals surface area (Å²) < 4.78 is 5.60. The van der Waals surface area contributed by atoms with Gasteiger partial charge in [-0.15, -0.1) is 11.3 Å². The summed E-state index contributed by atoms with van der Waals surface area (Å²) in [5.41, 5.74) is 0.630. The highest BCUT2D eigenvalue weighted by Gasteiger charge is 2.43. The molecule has 0 unspecified atom stereocenters. The van der Waals surface area contributed by atoms with E-state index in [0.29, 0.717) is 12.3 Å². The number of ether oxygens (including phenoxy) is 1. The van der Waals surface area contributed by atoms with Crippen LogP contribution in [0.3, 0.4) is 0 Å². The van der Waals surface area contributed by atoms with E-state index < -0.39 is 0 Å². The van der Waals surface area contributed by atoms with Crippen molar-refractivity contribution < 1.29 is 14.3 Å². The van der Waals surface area contributed by atoms with E-state index in [1.54, 1.807) is 23.5 Å². The van der Waals surface area contributed by atoms with Crippen LogP contribution >= 0.6 is 11.3 Å². The van der Waals surface area contributed by atoms with Gasteiger partial charge in [-0.25, -0.2) is 4.90 Å². The summed E-state index contributed by atoms with van der Waals surface area (Å²) in [6.45, 7) is 7.28. The first-order chi connectivity index (χ1) is 14.7. The van der Waals surface area contributed by atoms with Crippen LogP contribution in [-0.4, -0.2) is 67.0 Å². The van der Waals surface area contributed by atoms with Crippen LogP contribution < -0.4 is 9.64 Å². The van der Waals surface area contributed by atoms with E-state index in [1.165, 1.54) is 9.78 Å². The number of amides is 2. The van der Waals surface area contributed by atoms with Crippen molar-refractivity contribution in [2.45, 2.75) is 32.2 Å². The number of nitrogens with zero attached hydrogens (tertiary/aromatic N) is 3. The summed E-state index contributed by atoms with van der Waals surface area (Å²) >= 11 is 1.80. The van der Waals surface area contributed by atoms with E-state index in [2.05, 4.69) is 34.2 Å². The Kier molecular flexibility index (Phi) is 6.82. The van der Waals surface area contributed by atoms with Gasteiger partial charge in [0.25, 0.3) is 5.91 Å². The third kappa shape index (κ3) is 4.74. The number of carbonyl (C=O) groups excluding carboxylic acids is 2. The molecule has 1 aromatic heterocycles. The van der Waals surface area contributed by atoms with E-state index in [-0.39, 0.29) is 24.3 Å². The monoisotopic (exact) mass is 427 g/mol. The molecule has 1 atom stereocenters. The van der Waals surface area contributed by atoms with Gasteiger partial charge in [0, 0.05) is 37.6 Å². The van der Waals surface area contributed by atoms with E-state index >= 15 is 0 Å². The van der Waals surface area contributed by atoms with Gasteiger partial charge >= 0.3 is 0 Å². The first-order valence-electron chi connectivity index (χ1n) is 10.7. The number of hydrogen-bond acceptors (Lipinski definition) is 6. The lowest BCUT2D eigenvalue weighted by atomic mass is 10.1. The molecule has 2 saturated heterocycles. The van der Waals surface area contributed by atoms with Crippen LogP contribution in [-0.2, 0) is 16.0 Å². The number of imide groups is 1. The molecule has 2 fully saturated rings. The molecule has 0 N–H and O–H groups in total. The third-order valence-corrected chi connectivity index (χ3v) is 6.73. The minimum absolute atomic E-state index is 0.103. The van der Waals surface area contributed by atoms with E-state index in [4.69, 9.17) is 4.74 Å². The van der Waals surface area contributed by atoms with Crippen molar-refractivity contribution in [2.75, 3.05) is 44.2 Å². The van der Waals surface area contributed by atoms with E-state index in [0.717, 1.165) is 51.3 Å². The Morgan fingerprint density at radius 1 is 1.07 bits per heavy atom. The second-order valence-electron chi connectivity index (χ2n) is 7.84. The Morgan fingerprint density at radius 3 is 2.50 bits per heavy atom. The van der Waals surface area contributed by atoms with Gasteiger partial charge < -0.3 is 9.64 Å². The van der Waals surface area contributed by atoms with Gasteiger partial charge in [0.2, 0.25) is 5.91 Å². The van der Waals surface area contributed by atoms with Crippen molar-refractivity contribution in [1.29, 1.82) is 0 Å². The summed E-state index contributed by atoms with van der Waals surface area (Å²) in [7, 11) is 0. The maximum atomic E-state index is 13.1. The molecular formula is C23H29N3O3S. The highest BCUT2D eigenvalue weighted by molar-refractivity contribution is 7.09. The average Bonchev–Trinajstić information content (AvgIpc) is 3.39. The fraction of sp³-hybridized carbons (Fsp3) is 0.478. The van der Waals surface area contributed by atoms with Crippen molar-refractivity contribution in [3.8, 4) is 5.75 Å². The molecule has 1 aromatic carbocycles. The maximum absolute atomic E-state index is 13.1. The zero-order valence-corrected chi connectivity index (χ0v) is 18.3. The molecule has 0 radical (unpaired) electrons. The molecule has 6 nitrogen and oxygen atoms in total. The number of hydrogen-bond donors (Lipinski definition) is 0. The van der Waals surface area contributed by atoms with Crippen molar-refractivity contribution in [1.82, 2.24) is 9.80 Å². The fourth-order valence-corrected chi connectivity index (χ4v) is 4.80. The molecule has 2 aliphatic rings. The Labute approximate surface area is 182 Å². The Morgan fingerprint density at radius 2 is 1.83 bits per heavy atom. The standard InChI is InChI=1S/C23H29N3O3S/c1-2-15-29-19-7-5-18(6-8-19)26-22(27)17-21(23(26)28)25-13-11-24(12-14-25)10-9-20-4-3-16-30-20/h3-8,16,21H,2,9-15,17H2,1H3/t21-/m0/s1. The minimum atomic E-state index is -0.340. The van der Waals surface area contributed by atoms with Crippen LogP contribution in [0, 0.1) is 0 Å². The van der Waals surface area contributed by atoms with Gasteiger partial charge in [-0.2, -0.15) is 0 Å². The van der Waals surface area contributed by atoms with E-state index in [1.807, 2.05) is 12.1 Å². The van der Waals surface area contributed by atoms with Crippen molar-refractivity contribution in [3.63, 3.8) is 0 Å². The number of thiophene rings is 1. The first-order valence-corrected chi connectivity index (χ1v) is 11.6. The minimum Gasteiger partial charge on any atom is -0.494 e. The Bertz CT molecular complexity index is 845. The average molecular weight is 428 g/mol. The summed E-state index contributed by atoms with van der Waals surface area (Å²) in [4.78, 5) is 33.1. The van der Waals surface area contributed by atoms with Crippen molar-refractivity contribution in [2.24, 2.45) is 0 Å². The summed E-state index contributed by atoms with van der Waals surface area (Å²) in [6, 6.07) is 11.2. The largest absolute Gasteiger partial charge is 0.494 e. The molecule has 0 spiro atoms. The lowest BCUT2D eigenvalue weighted by Gasteiger charge is -2.37. The van der Waals surface area contributed by atoms with Crippen LogP contribution in [0.2, 0.25) is 0 Å². The normalized spacial score (nSPS) is 20.8. The van der Waals surface area contributed by atoms with Crippen LogP contribution in [0.5, 0.6) is 5.75 Å². The van der Waals surface area contributed by atoms with Crippen LogP contribution in [0.4, 0.5) is 5.69 Å². The molecule has 2 aromatic rings. The second-order valence-corrected chi connectivity index (χ2v) is 8.87. The van der Waals surface area contributed by atoms with Gasteiger partial charge in [0.15, 0.2) is 0 Å². The van der Waals surface area contributed by atoms with Crippen LogP contribution in [0.1, 0.15) is 24.6 Å². The number of anilines is 1. The van der Waals surface area contributed by atoms with Crippen molar-refractivity contribution in [3.05, 3.63) is 46.7 Å². The topological polar surface area (TPSA) is 53.1 Å². The van der Waals surface area contributed by atoms with Crippen molar-refractivity contribution >= 4 is 28.8 Å². The molecular weight excluding hydrogens is 398 g/mol. The number of carbonyl (C=O) groups is 2. The number of rotatable bonds is 8. The zero-order valence-electron chi connectivity index (χ0n) is 17.5. The fourth-order valence-electron chi connectivity index (χ4n) is 4.11. The van der Waals surface area contributed by atoms with Gasteiger partial charge in [0.1, 0.15) is 5.75 Å². The third-order valence-electron chi connectivity index (χ3n) is 5.79. The Balaban J connectivity index is 1.31. The van der Waals surface area contributed by atoms with Gasteiger partial charge in [-0.05, 0) is 48.6 Å². The number of piperazine rings is 1. The molecule has 7 heteroatoms. The smallest absolute Gasteiger partial charge is 0.251 e. The van der Waals surface area contributed by atoms with Gasteiger partial charge in [-0.1, -0.05) is 13.0 Å². The van der Waals surface area contributed by atoms with Gasteiger partial charge in [-0.3, -0.25) is 14.5 Å². The predicted molar refractivity (Wildman–Crippen MR) is 119 cm³/mol. The summed E-state index contributed by atoms with van der Waals surface area (Å²) in [6.07, 6.45) is 2.28. The molecule has 2 amide bonds. The van der Waals surface area contributed by atoms with E-state index in [9.17, 15) is 9.59 Å². The molecule has 0 bridgehead atoms. The molecule has 4 rings (SSSR count). The predicted octanol–water partition coefficient (Wildman–Crippen LogP) is 3.03. The summed E-state index contributed by atoms with van der Waals surface area (Å²) in [5.74, 6) is 0.538. The quantitative estimate of drug-likeness (QED) is 0.606. The molecule has 2 aliphatic heterocycles. The highest BCUT2D eigenvalue weighted by Crippen LogP contribution is 2.28. The number of benzene rings is 1. The van der Waals surface area contributed by atoms with Gasteiger partial charge in [0.05, 0.1) is 24.8 Å². The Hall–Kier alpha value is -2.22. The molecule has 30 heavy (non-hydrogen) atoms. The lowest BCUT2D eigenvalue weighted by molar-refractivity contribution is -0.123. The molecule has 0 aliphatic carbocycles. The second kappa shape index (κ2) is 9.73. The maximum Gasteiger partial charge on any atom is 0.251 e. The lowest BCUT2D eigenvalue weighted by Crippen LogP contribution is -2.52. The first kappa shape index (κ1) is 21.0. The molecule has 0 saturated carbocycles. The van der Waals surface area contributed by atoms with Crippen LogP contribution in [0.25, 0.3) is 0 Å². The molecule has 3 heterocycles. The highest BCUT2D eigenvalue weighted by atomic mass is 32.1. The SMILES string of the molecule is CCCOc1ccc(N2C(=O)C[C@H](N3CCN(CCc4cccs4)CC3)C2=O)cc1. The van der Waals surface area contributed by atoms with Crippen LogP contribution in [0.15, 0.2) is 41.8 Å². The summed E-state index contributed by atoms with van der Waals surface area (Å²) in [5, 5.41) is 2.12. The molecule has 160 valence electrons. The zero-order chi connectivity index (χ0) is 20.9.